The van der Waals surface area contributed by atoms with Gasteiger partial charge >= 0.3 is 0 Å². The van der Waals surface area contributed by atoms with Gasteiger partial charge in [0, 0.05) is 24.6 Å². The molecule has 0 atom stereocenters. The van der Waals surface area contributed by atoms with Gasteiger partial charge in [0.25, 0.3) is 0 Å². The molecule has 1 heterocycles. The summed E-state index contributed by atoms with van der Waals surface area (Å²) in [7, 11) is 1.73. The third-order valence-electron chi connectivity index (χ3n) is 2.04. The minimum absolute atomic E-state index is 0.0125. The van der Waals surface area contributed by atoms with E-state index in [1.807, 2.05) is 0 Å². The van der Waals surface area contributed by atoms with Crippen molar-refractivity contribution in [3.8, 4) is 5.75 Å². The molecule has 1 aromatic heterocycles. The second-order valence-electron chi connectivity index (χ2n) is 3.16. The standard InChI is InChI=1S/C10H9F2N3OS/c1-13-10-8(14-15-17-10)5-16-9-3-2-6(11)4-7(9)12/h2-4,13H,5H2,1H3. The first-order valence-corrected chi connectivity index (χ1v) is 5.55. The van der Waals surface area contributed by atoms with Crippen LogP contribution in [0.3, 0.4) is 0 Å². The predicted octanol–water partition coefficient (Wildman–Crippen LogP) is 2.44. The average Bonchev–Trinajstić information content (AvgIpc) is 2.75. The van der Waals surface area contributed by atoms with E-state index in [4.69, 9.17) is 4.74 Å². The fourth-order valence-electron chi connectivity index (χ4n) is 1.23. The second-order valence-corrected chi connectivity index (χ2v) is 3.92. The topological polar surface area (TPSA) is 47.0 Å². The molecule has 90 valence electrons. The maximum atomic E-state index is 13.2. The third kappa shape index (κ3) is 2.68. The molecule has 1 aromatic carbocycles. The minimum Gasteiger partial charge on any atom is -0.484 e. The molecule has 0 amide bonds. The molecule has 4 nitrogen and oxygen atoms in total. The van der Waals surface area contributed by atoms with E-state index in [1.165, 1.54) is 17.6 Å². The first-order chi connectivity index (χ1) is 8.20. The molecule has 0 fully saturated rings. The molecule has 17 heavy (non-hydrogen) atoms. The van der Waals surface area contributed by atoms with Crippen LogP contribution >= 0.6 is 11.5 Å². The van der Waals surface area contributed by atoms with Crippen molar-refractivity contribution in [3.63, 3.8) is 0 Å². The lowest BCUT2D eigenvalue weighted by Gasteiger charge is -2.06. The molecule has 0 bridgehead atoms. The number of ether oxygens (including phenoxy) is 1. The summed E-state index contributed by atoms with van der Waals surface area (Å²) in [5.41, 5.74) is 0.584. The van der Waals surface area contributed by atoms with Gasteiger partial charge in [0.15, 0.2) is 11.6 Å². The average molecular weight is 257 g/mol. The Hall–Kier alpha value is -1.76. The Morgan fingerprint density at radius 3 is 2.94 bits per heavy atom. The van der Waals surface area contributed by atoms with Gasteiger partial charge in [-0.25, -0.2) is 8.78 Å². The third-order valence-corrected chi connectivity index (χ3v) is 2.83. The monoisotopic (exact) mass is 257 g/mol. The van der Waals surface area contributed by atoms with Gasteiger partial charge in [-0.1, -0.05) is 4.49 Å². The van der Waals surface area contributed by atoms with Crippen LogP contribution in [0.5, 0.6) is 5.75 Å². The molecule has 7 heteroatoms. The van der Waals surface area contributed by atoms with Gasteiger partial charge in [-0.2, -0.15) is 0 Å². The number of benzene rings is 1. The number of aromatic nitrogens is 2. The summed E-state index contributed by atoms with van der Waals surface area (Å²) in [6, 6.07) is 3.15. The van der Waals surface area contributed by atoms with E-state index in [0.717, 1.165) is 17.1 Å². The molecule has 0 saturated heterocycles. The maximum Gasteiger partial charge on any atom is 0.167 e. The highest BCUT2D eigenvalue weighted by Gasteiger charge is 2.09. The van der Waals surface area contributed by atoms with Crippen LogP contribution in [0.1, 0.15) is 5.69 Å². The maximum absolute atomic E-state index is 13.2. The summed E-state index contributed by atoms with van der Waals surface area (Å²) in [5.74, 6) is -1.39. The smallest absolute Gasteiger partial charge is 0.167 e. The van der Waals surface area contributed by atoms with Crippen molar-refractivity contribution >= 4 is 16.5 Å². The van der Waals surface area contributed by atoms with Gasteiger partial charge in [0.1, 0.15) is 23.1 Å². The number of hydrogen-bond donors (Lipinski definition) is 1. The molecule has 0 unspecified atom stereocenters. The summed E-state index contributed by atoms with van der Waals surface area (Å²) in [6.07, 6.45) is 0. The largest absolute Gasteiger partial charge is 0.484 e. The quantitative estimate of drug-likeness (QED) is 0.913. The number of rotatable bonds is 4. The van der Waals surface area contributed by atoms with Crippen LogP contribution in [-0.4, -0.2) is 16.6 Å². The molecule has 0 aliphatic rings. The van der Waals surface area contributed by atoms with Crippen LogP contribution in [0.2, 0.25) is 0 Å². The molecule has 0 radical (unpaired) electrons. The summed E-state index contributed by atoms with van der Waals surface area (Å²) in [4.78, 5) is 0. The fraction of sp³-hybridized carbons (Fsp3) is 0.200. The molecule has 2 rings (SSSR count). The molecule has 1 N–H and O–H groups in total. The van der Waals surface area contributed by atoms with Gasteiger partial charge in [-0.15, -0.1) is 5.10 Å². The lowest BCUT2D eigenvalue weighted by Crippen LogP contribution is -2.01. The first-order valence-electron chi connectivity index (χ1n) is 4.77. The Morgan fingerprint density at radius 2 is 2.24 bits per heavy atom. The number of hydrogen-bond acceptors (Lipinski definition) is 5. The van der Waals surface area contributed by atoms with E-state index in [2.05, 4.69) is 14.9 Å². The SMILES string of the molecule is CNc1snnc1COc1ccc(F)cc1F. The highest BCUT2D eigenvalue weighted by molar-refractivity contribution is 7.10. The lowest BCUT2D eigenvalue weighted by molar-refractivity contribution is 0.285. The summed E-state index contributed by atoms with van der Waals surface area (Å²) >= 11 is 1.19. The molecule has 0 aliphatic carbocycles. The van der Waals surface area contributed by atoms with Gasteiger partial charge < -0.3 is 10.1 Å². The summed E-state index contributed by atoms with van der Waals surface area (Å²) in [5, 5.41) is 7.49. The van der Waals surface area contributed by atoms with Crippen LogP contribution in [0.25, 0.3) is 0 Å². The predicted molar refractivity (Wildman–Crippen MR) is 60.1 cm³/mol. The van der Waals surface area contributed by atoms with Crippen molar-refractivity contribution in [2.24, 2.45) is 0 Å². The Morgan fingerprint density at radius 1 is 1.41 bits per heavy atom. The van der Waals surface area contributed by atoms with Crippen molar-refractivity contribution in [1.29, 1.82) is 0 Å². The molecule has 0 saturated carbocycles. The van der Waals surface area contributed by atoms with Gasteiger partial charge in [-0.05, 0) is 12.1 Å². The zero-order valence-corrected chi connectivity index (χ0v) is 9.72. The van der Waals surface area contributed by atoms with Crippen LogP contribution in [0.15, 0.2) is 18.2 Å². The Balaban J connectivity index is 2.07. The van der Waals surface area contributed by atoms with Crippen LogP contribution in [0.4, 0.5) is 13.8 Å². The number of nitrogens with zero attached hydrogens (tertiary/aromatic N) is 2. The van der Waals surface area contributed by atoms with E-state index in [1.54, 1.807) is 7.05 Å². The lowest BCUT2D eigenvalue weighted by atomic mass is 10.3. The van der Waals surface area contributed by atoms with E-state index in [9.17, 15) is 8.78 Å². The first kappa shape index (κ1) is 11.7. The zero-order chi connectivity index (χ0) is 12.3. The van der Waals surface area contributed by atoms with Crippen molar-refractivity contribution in [2.45, 2.75) is 6.61 Å². The van der Waals surface area contributed by atoms with Crippen molar-refractivity contribution < 1.29 is 13.5 Å². The number of anilines is 1. The highest BCUT2D eigenvalue weighted by Crippen LogP contribution is 2.22. The summed E-state index contributed by atoms with van der Waals surface area (Å²) < 4.78 is 34.8. The fourth-order valence-corrected chi connectivity index (χ4v) is 1.75. The van der Waals surface area contributed by atoms with Crippen LogP contribution in [-0.2, 0) is 6.61 Å². The number of halogens is 2. The van der Waals surface area contributed by atoms with Gasteiger partial charge in [0.05, 0.1) is 0 Å². The van der Waals surface area contributed by atoms with E-state index in [0.29, 0.717) is 5.69 Å². The Labute approximate surface area is 100 Å². The highest BCUT2D eigenvalue weighted by atomic mass is 32.1. The van der Waals surface area contributed by atoms with E-state index in [-0.39, 0.29) is 12.4 Å². The van der Waals surface area contributed by atoms with Gasteiger partial charge in [0.2, 0.25) is 0 Å². The zero-order valence-electron chi connectivity index (χ0n) is 8.91. The van der Waals surface area contributed by atoms with E-state index < -0.39 is 11.6 Å². The minimum atomic E-state index is -0.737. The molecule has 0 spiro atoms. The van der Waals surface area contributed by atoms with Gasteiger partial charge in [-0.3, -0.25) is 0 Å². The normalized spacial score (nSPS) is 10.3. The Bertz CT molecular complexity index is 518. The van der Waals surface area contributed by atoms with Crippen LogP contribution < -0.4 is 10.1 Å². The van der Waals surface area contributed by atoms with E-state index >= 15 is 0 Å². The molecular weight excluding hydrogens is 248 g/mol. The van der Waals surface area contributed by atoms with Crippen LogP contribution in [0, 0.1) is 11.6 Å². The summed E-state index contributed by atoms with van der Waals surface area (Å²) in [6.45, 7) is 0.0786. The van der Waals surface area contributed by atoms with Crippen molar-refractivity contribution in [1.82, 2.24) is 9.59 Å². The van der Waals surface area contributed by atoms with Crippen molar-refractivity contribution in [3.05, 3.63) is 35.5 Å². The second kappa shape index (κ2) is 5.05. The van der Waals surface area contributed by atoms with Crippen molar-refractivity contribution in [2.75, 3.05) is 12.4 Å². The Kier molecular flexibility index (Phi) is 3.48. The number of nitrogens with one attached hydrogen (secondary N) is 1. The molecular formula is C10H9F2N3OS. The molecule has 0 aliphatic heterocycles. The molecule has 2 aromatic rings.